The van der Waals surface area contributed by atoms with Gasteiger partial charge in [-0.2, -0.15) is 0 Å². The molecule has 0 heterocycles. The predicted octanol–water partition coefficient (Wildman–Crippen LogP) is 2.14. The van der Waals surface area contributed by atoms with Crippen LogP contribution in [0.3, 0.4) is 0 Å². The average molecular weight is 247 g/mol. The molecule has 4 heteroatoms. The average Bonchev–Trinajstić information content (AvgIpc) is 3.15. The molecule has 1 aromatic rings. The van der Waals surface area contributed by atoms with E-state index in [0.717, 1.165) is 18.7 Å². The Morgan fingerprint density at radius 1 is 1.44 bits per heavy atom. The van der Waals surface area contributed by atoms with Gasteiger partial charge in [-0.25, -0.2) is 0 Å². The van der Waals surface area contributed by atoms with Crippen molar-refractivity contribution in [2.75, 3.05) is 17.2 Å². The van der Waals surface area contributed by atoms with Gasteiger partial charge < -0.3 is 16.4 Å². The Morgan fingerprint density at radius 3 is 2.72 bits per heavy atom. The van der Waals surface area contributed by atoms with Crippen LogP contribution in [0.1, 0.15) is 43.0 Å². The van der Waals surface area contributed by atoms with Crippen LogP contribution < -0.4 is 16.4 Å². The molecule has 2 rings (SSSR count). The Balaban J connectivity index is 2.24. The second-order valence-corrected chi connectivity index (χ2v) is 4.91. The summed E-state index contributed by atoms with van der Waals surface area (Å²) in [6.07, 6.45) is 4.80. The number of unbranched alkanes of at least 4 members (excludes halogenated alkanes) is 1. The van der Waals surface area contributed by atoms with E-state index < -0.39 is 5.91 Å². The Morgan fingerprint density at radius 2 is 2.17 bits per heavy atom. The molecule has 4 N–H and O–H groups in total. The van der Waals surface area contributed by atoms with E-state index in [2.05, 4.69) is 11.8 Å². The van der Waals surface area contributed by atoms with Crippen LogP contribution in [0.15, 0.2) is 18.2 Å². The van der Waals surface area contributed by atoms with Crippen molar-refractivity contribution in [2.24, 2.45) is 5.73 Å². The second-order valence-electron chi connectivity index (χ2n) is 4.91. The van der Waals surface area contributed by atoms with Crippen LogP contribution >= 0.6 is 0 Å². The SMILES string of the molecule is CCCCN(c1ccc(N)c(C(N)=O)c1)C1CC1. The number of nitrogen functional groups attached to an aromatic ring is 1. The van der Waals surface area contributed by atoms with Gasteiger partial charge in [-0.05, 0) is 37.5 Å². The number of carbonyl (C=O) groups is 1. The van der Waals surface area contributed by atoms with Crippen LogP contribution in [0.5, 0.6) is 0 Å². The topological polar surface area (TPSA) is 72.3 Å². The molecule has 0 unspecified atom stereocenters. The van der Waals surface area contributed by atoms with Gasteiger partial charge in [0.1, 0.15) is 0 Å². The number of benzene rings is 1. The number of hydrogen-bond acceptors (Lipinski definition) is 3. The van der Waals surface area contributed by atoms with Crippen molar-refractivity contribution < 1.29 is 4.79 Å². The van der Waals surface area contributed by atoms with Gasteiger partial charge in [0.15, 0.2) is 0 Å². The van der Waals surface area contributed by atoms with Crippen molar-refractivity contribution in [1.82, 2.24) is 0 Å². The molecule has 1 aliphatic carbocycles. The number of primary amides is 1. The summed E-state index contributed by atoms with van der Waals surface area (Å²) in [5.41, 5.74) is 13.0. The number of carbonyl (C=O) groups excluding carboxylic acids is 1. The van der Waals surface area contributed by atoms with Crippen molar-refractivity contribution in [2.45, 2.75) is 38.6 Å². The fourth-order valence-electron chi connectivity index (χ4n) is 2.17. The molecule has 0 saturated heterocycles. The highest BCUT2D eigenvalue weighted by Gasteiger charge is 2.29. The minimum atomic E-state index is -0.458. The summed E-state index contributed by atoms with van der Waals surface area (Å²) in [7, 11) is 0. The Bertz CT molecular complexity index is 441. The molecule has 0 spiro atoms. The molecule has 98 valence electrons. The third-order valence-corrected chi connectivity index (χ3v) is 3.37. The van der Waals surface area contributed by atoms with Crippen LogP contribution in [0.25, 0.3) is 0 Å². The van der Waals surface area contributed by atoms with Crippen LogP contribution in [-0.4, -0.2) is 18.5 Å². The molecular formula is C14H21N3O. The molecule has 0 radical (unpaired) electrons. The van der Waals surface area contributed by atoms with Crippen LogP contribution in [0.2, 0.25) is 0 Å². The van der Waals surface area contributed by atoms with E-state index in [9.17, 15) is 4.79 Å². The first kappa shape index (κ1) is 12.7. The van der Waals surface area contributed by atoms with Gasteiger partial charge in [0, 0.05) is 24.0 Å². The predicted molar refractivity (Wildman–Crippen MR) is 74.6 cm³/mol. The quantitative estimate of drug-likeness (QED) is 0.756. The number of anilines is 2. The lowest BCUT2D eigenvalue weighted by atomic mass is 10.1. The minimum absolute atomic E-state index is 0.426. The zero-order chi connectivity index (χ0) is 13.1. The molecule has 1 aliphatic rings. The molecule has 0 aromatic heterocycles. The summed E-state index contributed by atoms with van der Waals surface area (Å²) in [5.74, 6) is -0.458. The first-order chi connectivity index (χ1) is 8.63. The molecule has 1 aromatic carbocycles. The Labute approximate surface area is 108 Å². The highest BCUT2D eigenvalue weighted by Crippen LogP contribution is 2.33. The first-order valence-electron chi connectivity index (χ1n) is 6.59. The summed E-state index contributed by atoms with van der Waals surface area (Å²) >= 11 is 0. The highest BCUT2D eigenvalue weighted by molar-refractivity contribution is 5.99. The normalized spacial score (nSPS) is 14.5. The number of nitrogens with zero attached hydrogens (tertiary/aromatic N) is 1. The fourth-order valence-corrected chi connectivity index (χ4v) is 2.17. The van der Waals surface area contributed by atoms with E-state index in [0.29, 0.717) is 17.3 Å². The van der Waals surface area contributed by atoms with Gasteiger partial charge in [-0.1, -0.05) is 13.3 Å². The zero-order valence-electron chi connectivity index (χ0n) is 10.9. The number of amides is 1. The molecule has 1 fully saturated rings. The lowest BCUT2D eigenvalue weighted by Gasteiger charge is -2.25. The molecule has 1 saturated carbocycles. The third kappa shape index (κ3) is 2.75. The molecular weight excluding hydrogens is 226 g/mol. The van der Waals surface area contributed by atoms with Gasteiger partial charge in [0.05, 0.1) is 5.56 Å². The summed E-state index contributed by atoms with van der Waals surface area (Å²) < 4.78 is 0. The van der Waals surface area contributed by atoms with Gasteiger partial charge >= 0.3 is 0 Å². The van der Waals surface area contributed by atoms with Crippen molar-refractivity contribution >= 4 is 17.3 Å². The van der Waals surface area contributed by atoms with Crippen molar-refractivity contribution in [3.63, 3.8) is 0 Å². The summed E-state index contributed by atoms with van der Waals surface area (Å²) in [6, 6.07) is 6.21. The molecule has 0 bridgehead atoms. The first-order valence-corrected chi connectivity index (χ1v) is 6.59. The lowest BCUT2D eigenvalue weighted by Crippen LogP contribution is -2.27. The number of nitrogens with two attached hydrogens (primary N) is 2. The molecule has 4 nitrogen and oxygen atoms in total. The van der Waals surface area contributed by atoms with Gasteiger partial charge in [-0.3, -0.25) is 4.79 Å². The molecule has 1 amide bonds. The van der Waals surface area contributed by atoms with Crippen LogP contribution in [-0.2, 0) is 0 Å². The summed E-state index contributed by atoms with van der Waals surface area (Å²) in [6.45, 7) is 3.21. The van der Waals surface area contributed by atoms with E-state index in [1.54, 1.807) is 6.07 Å². The smallest absolute Gasteiger partial charge is 0.250 e. The Hall–Kier alpha value is -1.71. The van der Waals surface area contributed by atoms with Crippen LogP contribution in [0, 0.1) is 0 Å². The molecule has 18 heavy (non-hydrogen) atoms. The summed E-state index contributed by atoms with van der Waals surface area (Å²) in [5, 5.41) is 0. The number of rotatable bonds is 6. The van der Waals surface area contributed by atoms with E-state index in [4.69, 9.17) is 11.5 Å². The lowest BCUT2D eigenvalue weighted by molar-refractivity contribution is 0.100. The van der Waals surface area contributed by atoms with E-state index in [1.165, 1.54) is 19.3 Å². The maximum atomic E-state index is 11.3. The van der Waals surface area contributed by atoms with E-state index in [1.807, 2.05) is 12.1 Å². The largest absolute Gasteiger partial charge is 0.398 e. The van der Waals surface area contributed by atoms with Crippen molar-refractivity contribution in [1.29, 1.82) is 0 Å². The standard InChI is InChI=1S/C14H21N3O/c1-2-3-8-17(10-4-5-10)11-6-7-13(15)12(9-11)14(16)18/h6-7,9-10H,2-5,8,15H2,1H3,(H2,16,18). The van der Waals surface area contributed by atoms with Crippen molar-refractivity contribution in [3.8, 4) is 0 Å². The number of hydrogen-bond donors (Lipinski definition) is 2. The second kappa shape index (κ2) is 5.29. The minimum Gasteiger partial charge on any atom is -0.398 e. The van der Waals surface area contributed by atoms with E-state index >= 15 is 0 Å². The maximum absolute atomic E-state index is 11.3. The fraction of sp³-hybridized carbons (Fsp3) is 0.500. The van der Waals surface area contributed by atoms with E-state index in [-0.39, 0.29) is 0 Å². The molecule has 0 atom stereocenters. The maximum Gasteiger partial charge on any atom is 0.250 e. The van der Waals surface area contributed by atoms with Gasteiger partial charge in [-0.15, -0.1) is 0 Å². The van der Waals surface area contributed by atoms with Gasteiger partial charge in [0.25, 0.3) is 5.91 Å². The monoisotopic (exact) mass is 247 g/mol. The molecule has 0 aliphatic heterocycles. The van der Waals surface area contributed by atoms with Gasteiger partial charge in [0.2, 0.25) is 0 Å². The Kier molecular flexibility index (Phi) is 3.75. The van der Waals surface area contributed by atoms with Crippen molar-refractivity contribution in [3.05, 3.63) is 23.8 Å². The third-order valence-electron chi connectivity index (χ3n) is 3.37. The summed E-state index contributed by atoms with van der Waals surface area (Å²) in [4.78, 5) is 13.7. The zero-order valence-corrected chi connectivity index (χ0v) is 10.9. The highest BCUT2D eigenvalue weighted by atomic mass is 16.1. The van der Waals surface area contributed by atoms with Crippen LogP contribution in [0.4, 0.5) is 11.4 Å².